The lowest BCUT2D eigenvalue weighted by atomic mass is 10.1. The Morgan fingerprint density at radius 1 is 1.04 bits per heavy atom. The molecule has 2 aliphatic heterocycles. The zero-order valence-corrected chi connectivity index (χ0v) is 14.2. The van der Waals surface area contributed by atoms with Crippen LogP contribution in [0.25, 0.3) is 0 Å². The van der Waals surface area contributed by atoms with Crippen molar-refractivity contribution in [3.63, 3.8) is 0 Å². The van der Waals surface area contributed by atoms with E-state index in [0.29, 0.717) is 25.1 Å². The number of carbonyl (C=O) groups is 2. The number of piperazine rings is 1. The van der Waals surface area contributed by atoms with Crippen LogP contribution in [-0.2, 0) is 11.2 Å². The van der Waals surface area contributed by atoms with E-state index in [9.17, 15) is 9.59 Å². The topological polar surface area (TPSA) is 56.8 Å². The van der Waals surface area contributed by atoms with Crippen LogP contribution in [0.2, 0.25) is 0 Å². The summed E-state index contributed by atoms with van der Waals surface area (Å²) in [5.74, 6) is 0.197. The number of fused-ring (bicyclic) bond motifs is 1. The van der Waals surface area contributed by atoms with Crippen LogP contribution in [0.1, 0.15) is 15.9 Å². The normalized spacial score (nSPS) is 17.0. The van der Waals surface area contributed by atoms with Gasteiger partial charge in [0.25, 0.3) is 5.91 Å². The van der Waals surface area contributed by atoms with Crippen molar-refractivity contribution in [1.29, 1.82) is 0 Å². The number of likely N-dealkylation sites (N-methyl/N-ethyl adjacent to an activating group) is 1. The van der Waals surface area contributed by atoms with Crippen molar-refractivity contribution in [3.05, 3.63) is 53.9 Å². The van der Waals surface area contributed by atoms with E-state index in [0.717, 1.165) is 30.0 Å². The lowest BCUT2D eigenvalue weighted by Gasteiger charge is -2.36. The molecular weight excluding hydrogens is 316 g/mol. The predicted octanol–water partition coefficient (Wildman–Crippen LogP) is 1.56. The van der Waals surface area contributed by atoms with E-state index >= 15 is 0 Å². The van der Waals surface area contributed by atoms with E-state index in [2.05, 4.69) is 22.0 Å². The van der Waals surface area contributed by atoms with Crippen LogP contribution in [-0.4, -0.2) is 54.9 Å². The summed E-state index contributed by atoms with van der Waals surface area (Å²) in [6.07, 6.45) is 3.76. The molecule has 0 bridgehead atoms. The number of aromatic nitrogens is 1. The molecule has 128 valence electrons. The Hall–Kier alpha value is -2.89. The Morgan fingerprint density at radius 3 is 2.48 bits per heavy atom. The Kier molecular flexibility index (Phi) is 3.87. The van der Waals surface area contributed by atoms with Crippen LogP contribution in [0.3, 0.4) is 0 Å². The molecule has 2 amide bonds. The van der Waals surface area contributed by atoms with Crippen molar-refractivity contribution >= 4 is 23.2 Å². The standard InChI is InChI=1S/C19H20N4O2/c1-21-17-3-2-16(12-15(17)13-18(21)24)22-8-10-23(11-9-22)19(25)14-4-6-20-7-5-14/h2-7,12H,8-11,13H2,1H3. The lowest BCUT2D eigenvalue weighted by molar-refractivity contribution is -0.117. The Bertz CT molecular complexity index is 813. The summed E-state index contributed by atoms with van der Waals surface area (Å²) in [7, 11) is 1.82. The average Bonchev–Trinajstić information content (AvgIpc) is 2.95. The third-order valence-electron chi connectivity index (χ3n) is 5.00. The van der Waals surface area contributed by atoms with Gasteiger partial charge in [-0.15, -0.1) is 0 Å². The first-order chi connectivity index (χ1) is 12.1. The molecule has 0 spiro atoms. The second kappa shape index (κ2) is 6.20. The molecule has 2 aliphatic rings. The van der Waals surface area contributed by atoms with Gasteiger partial charge in [-0.25, -0.2) is 0 Å². The van der Waals surface area contributed by atoms with Gasteiger partial charge in [0.2, 0.25) is 5.91 Å². The molecule has 0 saturated carbocycles. The summed E-state index contributed by atoms with van der Waals surface area (Å²) in [5, 5.41) is 0. The third-order valence-corrected chi connectivity index (χ3v) is 5.00. The number of hydrogen-bond acceptors (Lipinski definition) is 4. The van der Waals surface area contributed by atoms with Crippen LogP contribution in [0.4, 0.5) is 11.4 Å². The third kappa shape index (κ3) is 2.84. The summed E-state index contributed by atoms with van der Waals surface area (Å²) in [6, 6.07) is 9.70. The molecule has 1 fully saturated rings. The zero-order valence-electron chi connectivity index (χ0n) is 14.2. The van der Waals surface area contributed by atoms with Crippen LogP contribution in [0.5, 0.6) is 0 Å². The molecule has 6 nitrogen and oxygen atoms in total. The van der Waals surface area contributed by atoms with Crippen molar-refractivity contribution < 1.29 is 9.59 Å². The van der Waals surface area contributed by atoms with Crippen LogP contribution >= 0.6 is 0 Å². The van der Waals surface area contributed by atoms with E-state index in [4.69, 9.17) is 0 Å². The molecule has 6 heteroatoms. The van der Waals surface area contributed by atoms with Gasteiger partial charge in [0, 0.05) is 62.6 Å². The highest BCUT2D eigenvalue weighted by atomic mass is 16.2. The molecule has 0 aliphatic carbocycles. The van der Waals surface area contributed by atoms with Crippen LogP contribution in [0, 0.1) is 0 Å². The second-order valence-corrected chi connectivity index (χ2v) is 6.46. The summed E-state index contributed by atoms with van der Waals surface area (Å²) in [5.41, 5.74) is 3.89. The zero-order chi connectivity index (χ0) is 17.4. The maximum absolute atomic E-state index is 12.5. The van der Waals surface area contributed by atoms with E-state index < -0.39 is 0 Å². The number of hydrogen-bond donors (Lipinski definition) is 0. The number of anilines is 2. The fourth-order valence-electron chi connectivity index (χ4n) is 3.50. The van der Waals surface area contributed by atoms with Gasteiger partial charge < -0.3 is 14.7 Å². The molecule has 25 heavy (non-hydrogen) atoms. The van der Waals surface area contributed by atoms with Crippen molar-refractivity contribution in [3.8, 4) is 0 Å². The molecule has 0 unspecified atom stereocenters. The van der Waals surface area contributed by atoms with Crippen molar-refractivity contribution in [2.45, 2.75) is 6.42 Å². The van der Waals surface area contributed by atoms with Gasteiger partial charge in [-0.05, 0) is 35.9 Å². The first-order valence-corrected chi connectivity index (χ1v) is 8.47. The van der Waals surface area contributed by atoms with Crippen LogP contribution in [0.15, 0.2) is 42.7 Å². The maximum Gasteiger partial charge on any atom is 0.254 e. The smallest absolute Gasteiger partial charge is 0.254 e. The first kappa shape index (κ1) is 15.6. The van der Waals surface area contributed by atoms with E-state index in [1.165, 1.54) is 0 Å². The Morgan fingerprint density at radius 2 is 1.76 bits per heavy atom. The van der Waals surface area contributed by atoms with Gasteiger partial charge in [-0.1, -0.05) is 0 Å². The molecule has 0 atom stereocenters. The molecule has 0 radical (unpaired) electrons. The predicted molar refractivity (Wildman–Crippen MR) is 95.9 cm³/mol. The SMILES string of the molecule is CN1C(=O)Cc2cc(N3CCN(C(=O)c4ccncc4)CC3)ccc21. The monoisotopic (exact) mass is 336 g/mol. The maximum atomic E-state index is 12.5. The minimum absolute atomic E-state index is 0.0585. The molecule has 2 aromatic rings. The van der Waals surface area contributed by atoms with E-state index in [1.54, 1.807) is 29.4 Å². The van der Waals surface area contributed by atoms with Gasteiger partial charge in [0.15, 0.2) is 0 Å². The molecule has 1 saturated heterocycles. The number of nitrogens with zero attached hydrogens (tertiary/aromatic N) is 4. The summed E-state index contributed by atoms with van der Waals surface area (Å²) in [6.45, 7) is 2.97. The Labute approximate surface area is 146 Å². The molecule has 1 aromatic heterocycles. The number of amides is 2. The minimum Gasteiger partial charge on any atom is -0.368 e. The molecular formula is C19H20N4O2. The number of carbonyl (C=O) groups excluding carboxylic acids is 2. The quantitative estimate of drug-likeness (QED) is 0.835. The van der Waals surface area contributed by atoms with Gasteiger partial charge in [0.05, 0.1) is 6.42 Å². The van der Waals surface area contributed by atoms with Gasteiger partial charge in [-0.2, -0.15) is 0 Å². The molecule has 0 N–H and O–H groups in total. The summed E-state index contributed by atoms with van der Waals surface area (Å²) in [4.78, 5) is 34.2. The fourth-order valence-corrected chi connectivity index (χ4v) is 3.50. The molecule has 3 heterocycles. The lowest BCUT2D eigenvalue weighted by Crippen LogP contribution is -2.48. The van der Waals surface area contributed by atoms with E-state index in [-0.39, 0.29) is 11.8 Å². The highest BCUT2D eigenvalue weighted by molar-refractivity contribution is 6.01. The van der Waals surface area contributed by atoms with Crippen molar-refractivity contribution in [1.82, 2.24) is 9.88 Å². The Balaban J connectivity index is 1.44. The van der Waals surface area contributed by atoms with E-state index in [1.807, 2.05) is 18.0 Å². The minimum atomic E-state index is 0.0585. The molecule has 1 aromatic carbocycles. The second-order valence-electron chi connectivity index (χ2n) is 6.46. The largest absolute Gasteiger partial charge is 0.368 e. The van der Waals surface area contributed by atoms with Crippen molar-refractivity contribution in [2.75, 3.05) is 43.0 Å². The van der Waals surface area contributed by atoms with Crippen LogP contribution < -0.4 is 9.80 Å². The number of pyridine rings is 1. The molecule has 4 rings (SSSR count). The number of benzene rings is 1. The average molecular weight is 336 g/mol. The summed E-state index contributed by atoms with van der Waals surface area (Å²) >= 11 is 0. The van der Waals surface area contributed by atoms with Crippen molar-refractivity contribution in [2.24, 2.45) is 0 Å². The first-order valence-electron chi connectivity index (χ1n) is 8.47. The highest BCUT2D eigenvalue weighted by Gasteiger charge is 2.26. The summed E-state index contributed by atoms with van der Waals surface area (Å²) < 4.78 is 0. The number of rotatable bonds is 2. The van der Waals surface area contributed by atoms with Gasteiger partial charge >= 0.3 is 0 Å². The highest BCUT2D eigenvalue weighted by Crippen LogP contribution is 2.31. The van der Waals surface area contributed by atoms with Gasteiger partial charge in [0.1, 0.15) is 0 Å². The van der Waals surface area contributed by atoms with Gasteiger partial charge in [-0.3, -0.25) is 14.6 Å². The fraction of sp³-hybridized carbons (Fsp3) is 0.316.